The molecule has 1 aromatic heterocycles. The van der Waals surface area contributed by atoms with Crippen LogP contribution in [0.2, 0.25) is 0 Å². The summed E-state index contributed by atoms with van der Waals surface area (Å²) >= 11 is 0. The van der Waals surface area contributed by atoms with Crippen LogP contribution >= 0.6 is 0 Å². The number of carbonyl (C=O) groups is 2. The van der Waals surface area contributed by atoms with Gasteiger partial charge in [-0.15, -0.1) is 0 Å². The molecule has 1 aliphatic rings. The fourth-order valence-corrected chi connectivity index (χ4v) is 4.02. The Morgan fingerprint density at radius 3 is 2.24 bits per heavy atom. The number of amides is 1. The molecule has 0 saturated carbocycles. The number of aromatic nitrogens is 2. The summed E-state index contributed by atoms with van der Waals surface area (Å²) < 4.78 is 0. The van der Waals surface area contributed by atoms with Crippen molar-refractivity contribution in [2.45, 2.75) is 24.8 Å². The second-order valence-electron chi connectivity index (χ2n) is 7.25. The van der Waals surface area contributed by atoms with Crippen LogP contribution in [-0.4, -0.2) is 43.9 Å². The lowest BCUT2D eigenvalue weighted by atomic mass is 9.82. The van der Waals surface area contributed by atoms with Gasteiger partial charge in [-0.2, -0.15) is 5.10 Å². The molecule has 0 bridgehead atoms. The first kappa shape index (κ1) is 18.7. The van der Waals surface area contributed by atoms with Crippen molar-refractivity contribution >= 4 is 12.1 Å². The van der Waals surface area contributed by atoms with E-state index in [1.807, 2.05) is 42.6 Å². The second-order valence-corrected chi connectivity index (χ2v) is 7.25. The summed E-state index contributed by atoms with van der Waals surface area (Å²) in [7, 11) is 0. The van der Waals surface area contributed by atoms with Crippen molar-refractivity contribution < 1.29 is 19.8 Å². The van der Waals surface area contributed by atoms with Gasteiger partial charge in [0.25, 0.3) is 0 Å². The maximum absolute atomic E-state index is 11.8. The summed E-state index contributed by atoms with van der Waals surface area (Å²) in [6.45, 7) is 0.439. The van der Waals surface area contributed by atoms with Gasteiger partial charge in [-0.25, -0.2) is 9.59 Å². The largest absolute Gasteiger partial charge is 0.478 e. The van der Waals surface area contributed by atoms with Crippen LogP contribution < -0.4 is 0 Å². The number of hydrogen-bond donors (Lipinski definition) is 3. The predicted molar refractivity (Wildman–Crippen MR) is 107 cm³/mol. The van der Waals surface area contributed by atoms with Crippen molar-refractivity contribution in [3.8, 4) is 11.1 Å². The molecule has 2 atom stereocenters. The summed E-state index contributed by atoms with van der Waals surface area (Å²) in [5.74, 6) is -0.778. The highest BCUT2D eigenvalue weighted by molar-refractivity contribution is 5.87. The van der Waals surface area contributed by atoms with Crippen LogP contribution in [0, 0.1) is 0 Å². The minimum atomic E-state index is -0.951. The average Bonchev–Trinajstić information content (AvgIpc) is 3.28. The van der Waals surface area contributed by atoms with Gasteiger partial charge in [-0.1, -0.05) is 36.4 Å². The highest BCUT2D eigenvalue weighted by Gasteiger charge is 2.33. The van der Waals surface area contributed by atoms with Crippen molar-refractivity contribution in [1.29, 1.82) is 0 Å². The van der Waals surface area contributed by atoms with Crippen molar-refractivity contribution in [3.63, 3.8) is 0 Å². The molecular weight excluding hydrogens is 370 g/mol. The van der Waals surface area contributed by atoms with Crippen molar-refractivity contribution in [1.82, 2.24) is 15.1 Å². The minimum absolute atomic E-state index is 0.173. The number of aromatic carboxylic acids is 1. The Bertz CT molecular complexity index is 998. The molecular formula is C22H21N3O4. The number of nitrogens with one attached hydrogen (secondary N) is 1. The molecule has 2 unspecified atom stereocenters. The summed E-state index contributed by atoms with van der Waals surface area (Å²) in [4.78, 5) is 24.4. The molecule has 0 spiro atoms. The Morgan fingerprint density at radius 2 is 1.66 bits per heavy atom. The summed E-state index contributed by atoms with van der Waals surface area (Å²) in [6, 6.07) is 14.5. The second kappa shape index (κ2) is 7.79. The lowest BCUT2D eigenvalue weighted by molar-refractivity contribution is 0.0696. The maximum atomic E-state index is 11.8. The van der Waals surface area contributed by atoms with Crippen LogP contribution in [0.1, 0.15) is 46.3 Å². The zero-order valence-electron chi connectivity index (χ0n) is 15.7. The Hall–Kier alpha value is -3.61. The number of hydrogen-bond acceptors (Lipinski definition) is 3. The Balaban J connectivity index is 1.58. The maximum Gasteiger partial charge on any atom is 0.407 e. The van der Waals surface area contributed by atoms with Crippen LogP contribution in [-0.2, 0) is 0 Å². The zero-order chi connectivity index (χ0) is 20.4. The van der Waals surface area contributed by atoms with Crippen molar-refractivity contribution in [2.24, 2.45) is 0 Å². The smallest absolute Gasteiger partial charge is 0.407 e. The first-order valence-electron chi connectivity index (χ1n) is 9.45. The van der Waals surface area contributed by atoms with Gasteiger partial charge < -0.3 is 15.1 Å². The van der Waals surface area contributed by atoms with Crippen LogP contribution in [0.25, 0.3) is 11.1 Å². The molecule has 1 fully saturated rings. The molecule has 3 N–H and O–H groups in total. The number of nitrogens with zero attached hydrogens (tertiary/aromatic N) is 2. The Labute approximate surface area is 167 Å². The molecule has 29 heavy (non-hydrogen) atoms. The predicted octanol–water partition coefficient (Wildman–Crippen LogP) is 4.37. The van der Waals surface area contributed by atoms with E-state index in [1.54, 1.807) is 18.3 Å². The molecule has 1 amide bonds. The summed E-state index contributed by atoms with van der Waals surface area (Å²) in [6.07, 6.45) is 4.01. The van der Waals surface area contributed by atoms with E-state index in [-0.39, 0.29) is 17.5 Å². The normalized spacial score (nSPS) is 19.1. The van der Waals surface area contributed by atoms with Gasteiger partial charge in [0.2, 0.25) is 0 Å². The van der Waals surface area contributed by atoms with E-state index in [1.165, 1.54) is 4.90 Å². The first-order chi connectivity index (χ1) is 14.0. The minimum Gasteiger partial charge on any atom is -0.478 e. The molecule has 3 aromatic rings. The fourth-order valence-electron chi connectivity index (χ4n) is 4.02. The van der Waals surface area contributed by atoms with Gasteiger partial charge in [0, 0.05) is 18.3 Å². The topological polar surface area (TPSA) is 107 Å². The number of benzene rings is 2. The van der Waals surface area contributed by atoms with Crippen LogP contribution in [0.5, 0.6) is 0 Å². The molecule has 1 aliphatic heterocycles. The number of H-pyrrole nitrogens is 1. The number of aromatic amines is 1. The van der Waals surface area contributed by atoms with Crippen LogP contribution in [0.15, 0.2) is 60.9 Å². The lowest BCUT2D eigenvalue weighted by Gasteiger charge is -2.38. The molecule has 2 aromatic carbocycles. The molecule has 1 saturated heterocycles. The van der Waals surface area contributed by atoms with E-state index in [0.29, 0.717) is 19.4 Å². The van der Waals surface area contributed by atoms with Gasteiger partial charge in [0.05, 0.1) is 17.8 Å². The van der Waals surface area contributed by atoms with E-state index >= 15 is 0 Å². The van der Waals surface area contributed by atoms with E-state index < -0.39 is 12.1 Å². The van der Waals surface area contributed by atoms with E-state index in [4.69, 9.17) is 5.11 Å². The average molecular weight is 391 g/mol. The third-order valence-corrected chi connectivity index (χ3v) is 5.60. The van der Waals surface area contributed by atoms with Crippen LogP contribution in [0.4, 0.5) is 4.79 Å². The number of rotatable bonds is 4. The SMILES string of the molecule is O=C(O)c1ccc(C2CCN(C(=O)O)C(c3ccc(-c4cn[nH]c4)cc3)C2)cc1. The summed E-state index contributed by atoms with van der Waals surface area (Å²) in [5.41, 5.74) is 4.24. The lowest BCUT2D eigenvalue weighted by Crippen LogP contribution is -2.39. The highest BCUT2D eigenvalue weighted by Crippen LogP contribution is 2.39. The third-order valence-electron chi connectivity index (χ3n) is 5.60. The Morgan fingerprint density at radius 1 is 0.966 bits per heavy atom. The third kappa shape index (κ3) is 3.85. The van der Waals surface area contributed by atoms with Gasteiger partial charge in [-0.3, -0.25) is 5.10 Å². The number of carboxylic acid groups (broad SMARTS) is 2. The van der Waals surface area contributed by atoms with E-state index in [2.05, 4.69) is 10.2 Å². The van der Waals surface area contributed by atoms with Gasteiger partial charge >= 0.3 is 12.1 Å². The molecule has 148 valence electrons. The van der Waals surface area contributed by atoms with Crippen molar-refractivity contribution in [2.75, 3.05) is 6.54 Å². The van der Waals surface area contributed by atoms with Gasteiger partial charge in [-0.05, 0) is 47.6 Å². The monoisotopic (exact) mass is 391 g/mol. The first-order valence-corrected chi connectivity index (χ1v) is 9.45. The molecule has 0 radical (unpaired) electrons. The van der Waals surface area contributed by atoms with E-state index in [0.717, 1.165) is 22.3 Å². The molecule has 7 heteroatoms. The standard InChI is InChI=1S/C22H21N3O4/c26-21(27)17-7-3-14(4-8-17)18-9-10-25(22(28)29)20(11-18)16-5-1-15(2-6-16)19-12-23-24-13-19/h1-8,12-13,18,20H,9-11H2,(H,23,24)(H,26,27)(H,28,29). The van der Waals surface area contributed by atoms with Crippen LogP contribution in [0.3, 0.4) is 0 Å². The zero-order valence-corrected chi connectivity index (χ0v) is 15.7. The quantitative estimate of drug-likeness (QED) is 0.612. The fraction of sp³-hybridized carbons (Fsp3) is 0.227. The molecule has 2 heterocycles. The Kier molecular flexibility index (Phi) is 5.03. The molecule has 0 aliphatic carbocycles. The number of piperidine rings is 1. The van der Waals surface area contributed by atoms with Gasteiger partial charge in [0.1, 0.15) is 0 Å². The summed E-state index contributed by atoms with van der Waals surface area (Å²) in [5, 5.41) is 25.5. The van der Waals surface area contributed by atoms with Crippen molar-refractivity contribution in [3.05, 3.63) is 77.6 Å². The highest BCUT2D eigenvalue weighted by atomic mass is 16.4. The van der Waals surface area contributed by atoms with E-state index in [9.17, 15) is 14.7 Å². The number of carboxylic acids is 1. The molecule has 7 nitrogen and oxygen atoms in total. The molecule has 4 rings (SSSR count). The van der Waals surface area contributed by atoms with Gasteiger partial charge in [0.15, 0.2) is 0 Å². The number of likely N-dealkylation sites (tertiary alicyclic amines) is 1.